The van der Waals surface area contributed by atoms with Crippen molar-refractivity contribution >= 4 is 11.8 Å². The standard InChI is InChI=1S/C15H14N2O3/c1-11-10-14(20-17-11)16-15(19)13-8-3-2-6-12(13)7-4-5-9-18/h2-3,6,8,10,18H,5,9H2,1H3,(H,16,19). The van der Waals surface area contributed by atoms with Crippen LogP contribution in [0.15, 0.2) is 34.9 Å². The molecule has 0 aliphatic carbocycles. The van der Waals surface area contributed by atoms with Gasteiger partial charge in [-0.2, -0.15) is 0 Å². The summed E-state index contributed by atoms with van der Waals surface area (Å²) >= 11 is 0. The van der Waals surface area contributed by atoms with Crippen LogP contribution in [0.25, 0.3) is 0 Å². The number of rotatable bonds is 3. The van der Waals surface area contributed by atoms with Crippen LogP contribution in [-0.2, 0) is 0 Å². The lowest BCUT2D eigenvalue weighted by Gasteiger charge is -2.03. The lowest BCUT2D eigenvalue weighted by atomic mass is 10.1. The van der Waals surface area contributed by atoms with Crippen LogP contribution in [0.2, 0.25) is 0 Å². The van der Waals surface area contributed by atoms with Gasteiger partial charge in [0, 0.05) is 18.1 Å². The molecular weight excluding hydrogens is 256 g/mol. The van der Waals surface area contributed by atoms with Gasteiger partial charge >= 0.3 is 0 Å². The predicted octanol–water partition coefficient (Wildman–Crippen LogP) is 1.97. The highest BCUT2D eigenvalue weighted by atomic mass is 16.5. The van der Waals surface area contributed by atoms with Crippen molar-refractivity contribution in [1.29, 1.82) is 0 Å². The second-order valence-corrected chi connectivity index (χ2v) is 4.11. The summed E-state index contributed by atoms with van der Waals surface area (Å²) in [4.78, 5) is 12.2. The molecule has 2 N–H and O–H groups in total. The largest absolute Gasteiger partial charge is 0.395 e. The molecule has 0 unspecified atom stereocenters. The zero-order chi connectivity index (χ0) is 14.4. The van der Waals surface area contributed by atoms with Crippen LogP contribution >= 0.6 is 0 Å². The van der Waals surface area contributed by atoms with Gasteiger partial charge in [-0.05, 0) is 19.1 Å². The summed E-state index contributed by atoms with van der Waals surface area (Å²) < 4.78 is 4.94. The number of benzene rings is 1. The molecule has 0 bridgehead atoms. The van der Waals surface area contributed by atoms with Gasteiger partial charge in [0.25, 0.3) is 5.91 Å². The van der Waals surface area contributed by atoms with Gasteiger partial charge in [0.05, 0.1) is 17.9 Å². The molecule has 0 fully saturated rings. The molecule has 0 radical (unpaired) electrons. The summed E-state index contributed by atoms with van der Waals surface area (Å²) in [7, 11) is 0. The van der Waals surface area contributed by atoms with Gasteiger partial charge < -0.3 is 9.63 Å². The Bertz CT molecular complexity index is 665. The number of aryl methyl sites for hydroxylation is 1. The predicted molar refractivity (Wildman–Crippen MR) is 74.2 cm³/mol. The van der Waals surface area contributed by atoms with E-state index in [2.05, 4.69) is 22.3 Å². The van der Waals surface area contributed by atoms with E-state index in [9.17, 15) is 4.79 Å². The average molecular weight is 270 g/mol. The van der Waals surface area contributed by atoms with Gasteiger partial charge in [-0.3, -0.25) is 10.1 Å². The van der Waals surface area contributed by atoms with E-state index in [1.54, 1.807) is 37.3 Å². The van der Waals surface area contributed by atoms with Gasteiger partial charge in [0.15, 0.2) is 0 Å². The summed E-state index contributed by atoms with van der Waals surface area (Å²) in [5.74, 6) is 5.65. The Labute approximate surface area is 116 Å². The molecule has 1 heterocycles. The Morgan fingerprint density at radius 2 is 2.25 bits per heavy atom. The number of hydrogen-bond acceptors (Lipinski definition) is 4. The second kappa shape index (κ2) is 6.55. The van der Waals surface area contributed by atoms with E-state index in [-0.39, 0.29) is 12.5 Å². The smallest absolute Gasteiger partial charge is 0.259 e. The second-order valence-electron chi connectivity index (χ2n) is 4.11. The minimum absolute atomic E-state index is 0.00128. The van der Waals surface area contributed by atoms with E-state index >= 15 is 0 Å². The van der Waals surface area contributed by atoms with Gasteiger partial charge in [0.1, 0.15) is 0 Å². The van der Waals surface area contributed by atoms with Crippen molar-refractivity contribution < 1.29 is 14.4 Å². The first-order chi connectivity index (χ1) is 9.70. The van der Waals surface area contributed by atoms with E-state index in [1.165, 1.54) is 0 Å². The zero-order valence-electron chi connectivity index (χ0n) is 11.0. The zero-order valence-corrected chi connectivity index (χ0v) is 11.0. The van der Waals surface area contributed by atoms with Crippen molar-refractivity contribution in [1.82, 2.24) is 5.16 Å². The molecule has 1 aromatic carbocycles. The molecule has 1 aromatic heterocycles. The summed E-state index contributed by atoms with van der Waals surface area (Å²) in [6.45, 7) is 1.77. The maximum absolute atomic E-state index is 12.2. The van der Waals surface area contributed by atoms with Gasteiger partial charge in [0.2, 0.25) is 5.88 Å². The van der Waals surface area contributed by atoms with Crippen LogP contribution in [0.4, 0.5) is 5.88 Å². The van der Waals surface area contributed by atoms with Crippen LogP contribution in [0.3, 0.4) is 0 Å². The lowest BCUT2D eigenvalue weighted by Crippen LogP contribution is -2.12. The highest BCUT2D eigenvalue weighted by Crippen LogP contribution is 2.13. The third-order valence-corrected chi connectivity index (χ3v) is 2.50. The Balaban J connectivity index is 2.19. The number of amides is 1. The molecule has 20 heavy (non-hydrogen) atoms. The summed E-state index contributed by atoms with van der Waals surface area (Å²) in [5, 5.41) is 15.0. The molecule has 1 amide bonds. The van der Waals surface area contributed by atoms with Crippen molar-refractivity contribution in [3.8, 4) is 11.8 Å². The number of aliphatic hydroxyl groups excluding tert-OH is 1. The third kappa shape index (κ3) is 3.46. The minimum atomic E-state index is -0.310. The first kappa shape index (κ1) is 13.8. The molecule has 0 saturated heterocycles. The molecule has 5 heteroatoms. The normalized spacial score (nSPS) is 9.70. The average Bonchev–Trinajstić information content (AvgIpc) is 2.85. The van der Waals surface area contributed by atoms with Crippen molar-refractivity contribution in [3.63, 3.8) is 0 Å². The Morgan fingerprint density at radius 1 is 1.45 bits per heavy atom. The van der Waals surface area contributed by atoms with Crippen molar-refractivity contribution in [2.45, 2.75) is 13.3 Å². The Hall–Kier alpha value is -2.58. The molecule has 0 spiro atoms. The molecule has 102 valence electrons. The fraction of sp³-hybridized carbons (Fsp3) is 0.200. The number of carbonyl (C=O) groups excluding carboxylic acids is 1. The van der Waals surface area contributed by atoms with Gasteiger partial charge in [-0.1, -0.05) is 29.1 Å². The van der Waals surface area contributed by atoms with E-state index in [4.69, 9.17) is 9.63 Å². The van der Waals surface area contributed by atoms with Crippen LogP contribution in [0.5, 0.6) is 0 Å². The van der Waals surface area contributed by atoms with Crippen molar-refractivity contribution in [2.75, 3.05) is 11.9 Å². The molecule has 0 aliphatic rings. The lowest BCUT2D eigenvalue weighted by molar-refractivity contribution is 0.102. The molecule has 0 saturated carbocycles. The highest BCUT2D eigenvalue weighted by Gasteiger charge is 2.12. The maximum atomic E-state index is 12.2. The first-order valence-electron chi connectivity index (χ1n) is 6.14. The summed E-state index contributed by atoms with van der Waals surface area (Å²) in [6.07, 6.45) is 0.372. The number of carbonyl (C=O) groups is 1. The molecule has 0 aliphatic heterocycles. The third-order valence-electron chi connectivity index (χ3n) is 2.50. The van der Waals surface area contributed by atoms with E-state index in [0.29, 0.717) is 29.1 Å². The first-order valence-corrected chi connectivity index (χ1v) is 6.14. The topological polar surface area (TPSA) is 75.4 Å². The van der Waals surface area contributed by atoms with Crippen LogP contribution in [0, 0.1) is 18.8 Å². The number of aromatic nitrogens is 1. The van der Waals surface area contributed by atoms with Gasteiger partial charge in [-0.25, -0.2) is 0 Å². The van der Waals surface area contributed by atoms with Crippen LogP contribution in [0.1, 0.15) is 28.0 Å². The number of nitrogens with one attached hydrogen (secondary N) is 1. The Morgan fingerprint density at radius 3 is 2.95 bits per heavy atom. The fourth-order valence-electron chi connectivity index (χ4n) is 1.61. The molecule has 2 rings (SSSR count). The highest BCUT2D eigenvalue weighted by molar-refractivity contribution is 6.05. The minimum Gasteiger partial charge on any atom is -0.395 e. The number of anilines is 1. The van der Waals surface area contributed by atoms with E-state index in [0.717, 1.165) is 0 Å². The summed E-state index contributed by atoms with van der Waals surface area (Å²) in [5.41, 5.74) is 1.75. The Kier molecular flexibility index (Phi) is 4.53. The molecule has 0 atom stereocenters. The number of aliphatic hydroxyl groups is 1. The monoisotopic (exact) mass is 270 g/mol. The van der Waals surface area contributed by atoms with Crippen molar-refractivity contribution in [3.05, 3.63) is 47.2 Å². The molecular formula is C15H14N2O3. The maximum Gasteiger partial charge on any atom is 0.259 e. The van der Waals surface area contributed by atoms with Crippen LogP contribution in [-0.4, -0.2) is 22.8 Å². The summed E-state index contributed by atoms with van der Waals surface area (Å²) in [6, 6.07) is 8.64. The van der Waals surface area contributed by atoms with Crippen LogP contribution < -0.4 is 5.32 Å². The van der Waals surface area contributed by atoms with Gasteiger partial charge in [-0.15, -0.1) is 0 Å². The SMILES string of the molecule is Cc1cc(NC(=O)c2ccccc2C#CCCO)on1. The number of nitrogens with zero attached hydrogens (tertiary/aromatic N) is 1. The molecule has 2 aromatic rings. The molecule has 5 nitrogen and oxygen atoms in total. The van der Waals surface area contributed by atoms with E-state index in [1.807, 2.05) is 0 Å². The quantitative estimate of drug-likeness (QED) is 0.836. The van der Waals surface area contributed by atoms with E-state index < -0.39 is 0 Å². The number of hydrogen-bond donors (Lipinski definition) is 2. The van der Waals surface area contributed by atoms with Crippen molar-refractivity contribution in [2.24, 2.45) is 0 Å². The fourth-order valence-corrected chi connectivity index (χ4v) is 1.61.